The van der Waals surface area contributed by atoms with E-state index in [0.29, 0.717) is 21.7 Å². The second-order valence-electron chi connectivity index (χ2n) is 6.75. The molecular formula is C24H19ClN2O2S. The fourth-order valence-electron chi connectivity index (χ4n) is 2.84. The molecule has 1 heterocycles. The number of amides is 1. The Labute approximate surface area is 184 Å². The predicted molar refractivity (Wildman–Crippen MR) is 124 cm³/mol. The molecule has 1 amide bonds. The van der Waals surface area contributed by atoms with Crippen LogP contribution in [0, 0.1) is 6.92 Å². The van der Waals surface area contributed by atoms with E-state index in [4.69, 9.17) is 16.3 Å². The number of carbonyl (C=O) groups excluding carboxylic acids is 1. The lowest BCUT2D eigenvalue weighted by Gasteiger charge is -2.06. The van der Waals surface area contributed by atoms with E-state index in [1.807, 2.05) is 85.8 Å². The van der Waals surface area contributed by atoms with Crippen LogP contribution in [0.25, 0.3) is 6.08 Å². The normalized spacial score (nSPS) is 16.1. The number of aliphatic imine (C=N–C) groups is 1. The summed E-state index contributed by atoms with van der Waals surface area (Å²) in [4.78, 5) is 17.5. The summed E-state index contributed by atoms with van der Waals surface area (Å²) < 4.78 is 5.81. The van der Waals surface area contributed by atoms with Crippen LogP contribution in [-0.2, 0) is 11.4 Å². The smallest absolute Gasteiger partial charge is 0.264 e. The van der Waals surface area contributed by atoms with Crippen molar-refractivity contribution in [2.45, 2.75) is 13.5 Å². The molecule has 150 valence electrons. The molecule has 0 aliphatic carbocycles. The summed E-state index contributed by atoms with van der Waals surface area (Å²) >= 11 is 7.24. The number of halogens is 1. The topological polar surface area (TPSA) is 50.7 Å². The van der Waals surface area contributed by atoms with Crippen LogP contribution in [0.5, 0.6) is 5.75 Å². The minimum absolute atomic E-state index is 0.143. The van der Waals surface area contributed by atoms with E-state index in [1.165, 1.54) is 11.8 Å². The van der Waals surface area contributed by atoms with E-state index in [9.17, 15) is 4.79 Å². The van der Waals surface area contributed by atoms with Crippen LogP contribution in [0.2, 0.25) is 5.02 Å². The monoisotopic (exact) mass is 434 g/mol. The number of amidine groups is 1. The largest absolute Gasteiger partial charge is 0.489 e. The van der Waals surface area contributed by atoms with E-state index in [1.54, 1.807) is 0 Å². The van der Waals surface area contributed by atoms with Crippen LogP contribution in [0.4, 0.5) is 5.69 Å². The molecule has 1 fully saturated rings. The number of nitrogens with zero attached hydrogens (tertiary/aromatic N) is 1. The average Bonchev–Trinajstić information content (AvgIpc) is 3.09. The Bertz CT molecular complexity index is 1120. The second kappa shape index (κ2) is 9.20. The maximum Gasteiger partial charge on any atom is 0.264 e. The molecule has 6 heteroatoms. The van der Waals surface area contributed by atoms with Crippen molar-refractivity contribution >= 4 is 46.2 Å². The highest BCUT2D eigenvalue weighted by Crippen LogP contribution is 2.29. The number of ether oxygens (including phenoxy) is 1. The Kier molecular flexibility index (Phi) is 6.21. The van der Waals surface area contributed by atoms with Gasteiger partial charge in [0.15, 0.2) is 5.17 Å². The van der Waals surface area contributed by atoms with Crippen molar-refractivity contribution in [1.29, 1.82) is 0 Å². The standard InChI is InChI=1S/C24H19ClN2O2S/c1-16-4-2-3-5-21(16)26-24-27-23(28)22(30-24)14-17-8-12-20(13-9-17)29-15-18-6-10-19(25)11-7-18/h2-14H,15H2,1H3,(H,26,27,28)/b22-14-. The molecule has 0 spiro atoms. The summed E-state index contributed by atoms with van der Waals surface area (Å²) in [5, 5.41) is 4.12. The molecule has 1 aliphatic heterocycles. The van der Waals surface area contributed by atoms with Gasteiger partial charge >= 0.3 is 0 Å². The van der Waals surface area contributed by atoms with Gasteiger partial charge in [-0.3, -0.25) is 4.79 Å². The first-order chi connectivity index (χ1) is 14.6. The number of benzene rings is 3. The van der Waals surface area contributed by atoms with E-state index in [-0.39, 0.29) is 5.91 Å². The number of thioether (sulfide) groups is 1. The van der Waals surface area contributed by atoms with Gasteiger partial charge in [0.2, 0.25) is 0 Å². The summed E-state index contributed by atoms with van der Waals surface area (Å²) in [5.74, 6) is 0.618. The summed E-state index contributed by atoms with van der Waals surface area (Å²) in [6, 6.07) is 23.0. The number of hydrogen-bond acceptors (Lipinski definition) is 4. The SMILES string of the molecule is Cc1ccccc1N=C1NC(=O)/C(=C/c2ccc(OCc3ccc(Cl)cc3)cc2)S1. The predicted octanol–water partition coefficient (Wildman–Crippen LogP) is 6.12. The highest BCUT2D eigenvalue weighted by molar-refractivity contribution is 8.18. The Balaban J connectivity index is 1.41. The van der Waals surface area contributed by atoms with E-state index < -0.39 is 0 Å². The molecule has 3 aromatic carbocycles. The number of aryl methyl sites for hydroxylation is 1. The van der Waals surface area contributed by atoms with Crippen LogP contribution in [0.15, 0.2) is 82.7 Å². The molecule has 30 heavy (non-hydrogen) atoms. The van der Waals surface area contributed by atoms with Crippen LogP contribution in [0.1, 0.15) is 16.7 Å². The lowest BCUT2D eigenvalue weighted by Crippen LogP contribution is -2.19. The summed E-state index contributed by atoms with van der Waals surface area (Å²) in [6.45, 7) is 2.46. The highest BCUT2D eigenvalue weighted by Gasteiger charge is 2.23. The van der Waals surface area contributed by atoms with Gasteiger partial charge in [-0.1, -0.05) is 54.1 Å². The fraction of sp³-hybridized carbons (Fsp3) is 0.0833. The maximum absolute atomic E-state index is 12.3. The third-order valence-corrected chi connectivity index (χ3v) is 5.65. The minimum atomic E-state index is -0.143. The van der Waals surface area contributed by atoms with Gasteiger partial charge in [-0.25, -0.2) is 4.99 Å². The molecule has 3 aromatic rings. The van der Waals surface area contributed by atoms with Gasteiger partial charge in [-0.2, -0.15) is 0 Å². The van der Waals surface area contributed by atoms with Crippen molar-refractivity contribution in [1.82, 2.24) is 5.32 Å². The molecule has 0 radical (unpaired) electrons. The van der Waals surface area contributed by atoms with Crippen LogP contribution >= 0.6 is 23.4 Å². The zero-order valence-electron chi connectivity index (χ0n) is 16.3. The minimum Gasteiger partial charge on any atom is -0.489 e. The second-order valence-corrected chi connectivity index (χ2v) is 8.22. The quantitative estimate of drug-likeness (QED) is 0.492. The lowest BCUT2D eigenvalue weighted by molar-refractivity contribution is -0.115. The molecule has 0 aromatic heterocycles. The van der Waals surface area contributed by atoms with Crippen molar-refractivity contribution in [3.8, 4) is 5.75 Å². The number of nitrogens with one attached hydrogen (secondary N) is 1. The molecule has 0 unspecified atom stereocenters. The van der Waals surface area contributed by atoms with Crippen molar-refractivity contribution in [2.75, 3.05) is 0 Å². The van der Waals surface area contributed by atoms with Gasteiger partial charge in [0.25, 0.3) is 5.91 Å². The Morgan fingerprint density at radius 2 is 1.77 bits per heavy atom. The van der Waals surface area contributed by atoms with E-state index in [0.717, 1.165) is 28.1 Å². The number of rotatable bonds is 5. The molecule has 1 saturated heterocycles. The van der Waals surface area contributed by atoms with Gasteiger partial charge in [-0.05, 0) is 71.8 Å². The van der Waals surface area contributed by atoms with Crippen molar-refractivity contribution < 1.29 is 9.53 Å². The molecular weight excluding hydrogens is 416 g/mol. The fourth-order valence-corrected chi connectivity index (χ4v) is 3.80. The van der Waals surface area contributed by atoms with Gasteiger partial charge in [0.05, 0.1) is 10.6 Å². The molecule has 4 rings (SSSR count). The van der Waals surface area contributed by atoms with Gasteiger partial charge in [-0.15, -0.1) is 0 Å². The molecule has 0 saturated carbocycles. The van der Waals surface area contributed by atoms with Gasteiger partial charge in [0, 0.05) is 5.02 Å². The highest BCUT2D eigenvalue weighted by atomic mass is 35.5. The Hall–Kier alpha value is -3.02. The first-order valence-corrected chi connectivity index (χ1v) is 10.6. The number of hydrogen-bond donors (Lipinski definition) is 1. The third-order valence-electron chi connectivity index (χ3n) is 4.48. The van der Waals surface area contributed by atoms with Crippen LogP contribution < -0.4 is 10.1 Å². The van der Waals surface area contributed by atoms with Crippen molar-refractivity contribution in [2.24, 2.45) is 4.99 Å². The first-order valence-electron chi connectivity index (χ1n) is 9.39. The maximum atomic E-state index is 12.3. The summed E-state index contributed by atoms with van der Waals surface area (Å²) in [7, 11) is 0. The number of para-hydroxylation sites is 1. The Morgan fingerprint density at radius 1 is 1.03 bits per heavy atom. The Morgan fingerprint density at radius 3 is 2.50 bits per heavy atom. The molecule has 0 atom stereocenters. The third kappa shape index (κ3) is 5.12. The first kappa shape index (κ1) is 20.3. The zero-order valence-corrected chi connectivity index (χ0v) is 17.8. The van der Waals surface area contributed by atoms with E-state index >= 15 is 0 Å². The molecule has 1 aliphatic rings. The number of carbonyl (C=O) groups is 1. The zero-order chi connectivity index (χ0) is 20.9. The van der Waals surface area contributed by atoms with Crippen molar-refractivity contribution in [3.63, 3.8) is 0 Å². The molecule has 4 nitrogen and oxygen atoms in total. The lowest BCUT2D eigenvalue weighted by atomic mass is 10.2. The average molecular weight is 435 g/mol. The molecule has 0 bridgehead atoms. The van der Waals surface area contributed by atoms with Crippen molar-refractivity contribution in [3.05, 3.63) is 99.4 Å². The van der Waals surface area contributed by atoms with Gasteiger partial charge < -0.3 is 10.1 Å². The van der Waals surface area contributed by atoms with Crippen LogP contribution in [0.3, 0.4) is 0 Å². The summed E-state index contributed by atoms with van der Waals surface area (Å²) in [6.07, 6.45) is 1.85. The summed E-state index contributed by atoms with van der Waals surface area (Å²) in [5.41, 5.74) is 3.88. The van der Waals surface area contributed by atoms with Gasteiger partial charge in [0.1, 0.15) is 12.4 Å². The molecule has 1 N–H and O–H groups in total. The van der Waals surface area contributed by atoms with E-state index in [2.05, 4.69) is 10.3 Å². The van der Waals surface area contributed by atoms with Crippen LogP contribution in [-0.4, -0.2) is 11.1 Å².